The van der Waals surface area contributed by atoms with E-state index in [4.69, 9.17) is 11.5 Å². The molecule has 2 aromatic heterocycles. The van der Waals surface area contributed by atoms with Crippen LogP contribution in [0.1, 0.15) is 43.2 Å². The molecule has 9 N–H and O–H groups in total. The zero-order valence-electron chi connectivity index (χ0n) is 25.1. The molecule has 1 fully saturated rings. The molecule has 0 aliphatic carbocycles. The number of nitrogens with one attached hydrogen (secondary N) is 4. The molecule has 4 atom stereocenters. The van der Waals surface area contributed by atoms with Crippen molar-refractivity contribution in [1.82, 2.24) is 25.5 Å². The van der Waals surface area contributed by atoms with E-state index in [1.807, 2.05) is 60.9 Å². The zero-order chi connectivity index (χ0) is 31.9. The normalized spacial score (nSPS) is 16.8. The maximum Gasteiger partial charge on any atom is 0.326 e. The summed E-state index contributed by atoms with van der Waals surface area (Å²) in [5, 5.41) is 17.1. The van der Waals surface area contributed by atoms with Crippen LogP contribution in [0.25, 0.3) is 21.8 Å². The van der Waals surface area contributed by atoms with Crippen molar-refractivity contribution in [2.45, 2.75) is 69.1 Å². The van der Waals surface area contributed by atoms with Crippen LogP contribution in [0.15, 0.2) is 60.9 Å². The number of unbranched alkanes of at least 4 members (excludes halogenated alkanes) is 1. The van der Waals surface area contributed by atoms with Crippen LogP contribution in [-0.2, 0) is 32.0 Å². The topological polar surface area (TPSA) is 199 Å². The molecule has 4 unspecified atom stereocenters. The van der Waals surface area contributed by atoms with Crippen LogP contribution in [0.5, 0.6) is 0 Å². The molecule has 0 radical (unpaired) electrons. The maximum atomic E-state index is 14.1. The molecule has 5 rings (SSSR count). The predicted octanol–water partition coefficient (Wildman–Crippen LogP) is 1.94. The minimum Gasteiger partial charge on any atom is -0.480 e. The Balaban J connectivity index is 1.34. The summed E-state index contributed by atoms with van der Waals surface area (Å²) in [5.74, 6) is -2.55. The lowest BCUT2D eigenvalue weighted by Crippen LogP contribution is -2.57. The average molecular weight is 616 g/mol. The van der Waals surface area contributed by atoms with Gasteiger partial charge in [0.25, 0.3) is 0 Å². The van der Waals surface area contributed by atoms with Crippen LogP contribution in [0.2, 0.25) is 0 Å². The van der Waals surface area contributed by atoms with Crippen molar-refractivity contribution in [3.63, 3.8) is 0 Å². The molecule has 1 saturated heterocycles. The molecule has 238 valence electrons. The van der Waals surface area contributed by atoms with E-state index in [1.54, 1.807) is 0 Å². The molecule has 3 heterocycles. The van der Waals surface area contributed by atoms with Gasteiger partial charge >= 0.3 is 5.97 Å². The highest BCUT2D eigenvalue weighted by molar-refractivity contribution is 5.95. The Bertz CT molecular complexity index is 1660. The van der Waals surface area contributed by atoms with Crippen LogP contribution < -0.4 is 22.1 Å². The monoisotopic (exact) mass is 615 g/mol. The first-order valence-electron chi connectivity index (χ1n) is 15.5. The number of aliphatic carboxylic acids is 1. The van der Waals surface area contributed by atoms with Gasteiger partial charge in [0.2, 0.25) is 17.7 Å². The van der Waals surface area contributed by atoms with Crippen LogP contribution in [0, 0.1) is 0 Å². The lowest BCUT2D eigenvalue weighted by molar-refractivity contribution is -0.145. The number of hydrogen-bond acceptors (Lipinski definition) is 6. The van der Waals surface area contributed by atoms with Crippen LogP contribution in [0.4, 0.5) is 0 Å². The number of aromatic amines is 2. The molecule has 12 heteroatoms. The number of fused-ring (bicyclic) bond motifs is 2. The molecule has 0 spiro atoms. The second-order valence-electron chi connectivity index (χ2n) is 11.7. The van der Waals surface area contributed by atoms with Crippen molar-refractivity contribution in [2.24, 2.45) is 11.5 Å². The Kier molecular flexibility index (Phi) is 10.2. The van der Waals surface area contributed by atoms with Crippen LogP contribution in [0.3, 0.4) is 0 Å². The first-order valence-corrected chi connectivity index (χ1v) is 15.5. The fourth-order valence-electron chi connectivity index (χ4n) is 6.15. The fourth-order valence-corrected chi connectivity index (χ4v) is 6.15. The third-order valence-electron chi connectivity index (χ3n) is 8.57. The summed E-state index contributed by atoms with van der Waals surface area (Å²) in [4.78, 5) is 60.7. The van der Waals surface area contributed by atoms with Gasteiger partial charge in [-0.25, -0.2) is 4.79 Å². The van der Waals surface area contributed by atoms with Gasteiger partial charge in [-0.2, -0.15) is 0 Å². The van der Waals surface area contributed by atoms with Gasteiger partial charge in [-0.05, 0) is 68.3 Å². The highest BCUT2D eigenvalue weighted by atomic mass is 16.4. The second kappa shape index (κ2) is 14.4. The molecule has 3 amide bonds. The van der Waals surface area contributed by atoms with E-state index in [9.17, 15) is 24.3 Å². The number of benzene rings is 2. The smallest absolute Gasteiger partial charge is 0.326 e. The number of carboxylic acids is 1. The molecule has 2 aromatic carbocycles. The maximum absolute atomic E-state index is 14.1. The van der Waals surface area contributed by atoms with Crippen molar-refractivity contribution < 1.29 is 24.3 Å². The molecule has 1 aliphatic heterocycles. The van der Waals surface area contributed by atoms with E-state index in [0.717, 1.165) is 32.9 Å². The number of nitrogens with two attached hydrogens (primary N) is 2. The summed E-state index contributed by atoms with van der Waals surface area (Å²) >= 11 is 0. The molecule has 12 nitrogen and oxygen atoms in total. The number of para-hydroxylation sites is 2. The SMILES string of the molecule is NCCCCC(NC(=O)C1CCCN1C(=O)C(Cc1c[nH]c2ccccc12)NC(=O)C(N)Cc1c[nH]c2ccccc12)C(=O)O. The number of likely N-dealkylation sites (tertiary alicyclic amines) is 1. The summed E-state index contributed by atoms with van der Waals surface area (Å²) < 4.78 is 0. The Morgan fingerprint density at radius 3 is 2.13 bits per heavy atom. The summed E-state index contributed by atoms with van der Waals surface area (Å²) in [5.41, 5.74) is 15.5. The number of carbonyl (C=O) groups excluding carboxylic acids is 3. The van der Waals surface area contributed by atoms with Crippen molar-refractivity contribution in [2.75, 3.05) is 13.1 Å². The van der Waals surface area contributed by atoms with E-state index in [0.29, 0.717) is 38.8 Å². The highest BCUT2D eigenvalue weighted by Crippen LogP contribution is 2.24. The summed E-state index contributed by atoms with van der Waals surface area (Å²) in [6.07, 6.45) is 6.49. The number of aromatic nitrogens is 2. The lowest BCUT2D eigenvalue weighted by Gasteiger charge is -2.30. The van der Waals surface area contributed by atoms with Crippen LogP contribution >= 0.6 is 0 Å². The second-order valence-corrected chi connectivity index (χ2v) is 11.7. The van der Waals surface area contributed by atoms with Crippen molar-refractivity contribution in [3.05, 3.63) is 72.1 Å². The number of H-pyrrole nitrogens is 2. The van der Waals surface area contributed by atoms with E-state index in [2.05, 4.69) is 20.6 Å². The Labute approximate surface area is 260 Å². The largest absolute Gasteiger partial charge is 0.480 e. The van der Waals surface area contributed by atoms with Gasteiger partial charge < -0.3 is 42.1 Å². The van der Waals surface area contributed by atoms with Crippen molar-refractivity contribution in [1.29, 1.82) is 0 Å². The summed E-state index contributed by atoms with van der Waals surface area (Å²) in [7, 11) is 0. The molecular formula is C33H41N7O5. The highest BCUT2D eigenvalue weighted by Gasteiger charge is 2.39. The summed E-state index contributed by atoms with van der Waals surface area (Å²) in [6, 6.07) is 11.6. The van der Waals surface area contributed by atoms with Gasteiger partial charge in [-0.1, -0.05) is 36.4 Å². The number of carbonyl (C=O) groups is 4. The molecule has 45 heavy (non-hydrogen) atoms. The average Bonchev–Trinajstić information content (AvgIpc) is 3.79. The van der Waals surface area contributed by atoms with Crippen molar-refractivity contribution in [3.8, 4) is 0 Å². The zero-order valence-corrected chi connectivity index (χ0v) is 25.1. The first kappa shape index (κ1) is 31.7. The molecule has 1 aliphatic rings. The Morgan fingerprint density at radius 1 is 0.889 bits per heavy atom. The number of hydrogen-bond donors (Lipinski definition) is 7. The van der Waals surface area contributed by atoms with E-state index < -0.39 is 47.9 Å². The number of amides is 3. The third-order valence-corrected chi connectivity index (χ3v) is 8.57. The molecule has 4 aromatic rings. The van der Waals surface area contributed by atoms with Crippen molar-refractivity contribution >= 4 is 45.5 Å². The first-order chi connectivity index (χ1) is 21.8. The van der Waals surface area contributed by atoms with Gasteiger partial charge in [0.15, 0.2) is 0 Å². The minimum absolute atomic E-state index is 0.177. The molecule has 0 saturated carbocycles. The van der Waals surface area contributed by atoms with E-state index in [1.165, 1.54) is 4.90 Å². The van der Waals surface area contributed by atoms with Gasteiger partial charge in [0.1, 0.15) is 18.1 Å². The van der Waals surface area contributed by atoms with Gasteiger partial charge in [-0.3, -0.25) is 14.4 Å². The van der Waals surface area contributed by atoms with E-state index in [-0.39, 0.29) is 19.3 Å². The fraction of sp³-hybridized carbons (Fsp3) is 0.394. The Morgan fingerprint density at radius 2 is 1.51 bits per heavy atom. The predicted molar refractivity (Wildman–Crippen MR) is 171 cm³/mol. The van der Waals surface area contributed by atoms with E-state index >= 15 is 0 Å². The van der Waals surface area contributed by atoms with Gasteiger partial charge in [0, 0.05) is 47.2 Å². The Hall–Kier alpha value is -4.68. The summed E-state index contributed by atoms with van der Waals surface area (Å²) in [6.45, 7) is 0.740. The number of carboxylic acid groups (broad SMARTS) is 1. The molecule has 0 bridgehead atoms. The minimum atomic E-state index is -1.13. The standard InChI is InChI=1S/C33H41N7O5/c34-14-6-5-12-27(33(44)45)38-31(42)29-13-7-15-40(29)32(43)28(17-21-19-37-26-11-4-2-9-23(21)26)39-30(41)24(35)16-20-18-36-25-10-3-1-8-22(20)25/h1-4,8-11,18-19,24,27-29,36-37H,5-7,12-17,34-35H2,(H,38,42)(H,39,41)(H,44,45). The quantitative estimate of drug-likeness (QED) is 0.105. The number of nitrogens with zero attached hydrogens (tertiary/aromatic N) is 1. The van der Waals surface area contributed by atoms with Crippen LogP contribution in [-0.4, -0.2) is 80.9 Å². The third kappa shape index (κ3) is 7.35. The molecular weight excluding hydrogens is 574 g/mol. The number of rotatable bonds is 14. The van der Waals surface area contributed by atoms with Gasteiger partial charge in [-0.15, -0.1) is 0 Å². The lowest BCUT2D eigenvalue weighted by atomic mass is 10.0. The van der Waals surface area contributed by atoms with Gasteiger partial charge in [0.05, 0.1) is 6.04 Å².